The van der Waals surface area contributed by atoms with Crippen LogP contribution in [0.25, 0.3) is 0 Å². The molecule has 0 bridgehead atoms. The molecule has 0 aliphatic heterocycles. The summed E-state index contributed by atoms with van der Waals surface area (Å²) < 4.78 is 16.0. The molecule has 1 atom stereocenters. The van der Waals surface area contributed by atoms with Crippen molar-refractivity contribution in [3.05, 3.63) is 35.9 Å². The van der Waals surface area contributed by atoms with Crippen molar-refractivity contribution < 1.29 is 23.8 Å². The Balaban J connectivity index is 2.05. The number of hydrogen-bond donors (Lipinski definition) is 0. The van der Waals surface area contributed by atoms with Gasteiger partial charge in [0, 0.05) is 13.7 Å². The molecule has 1 aromatic carbocycles. The first-order chi connectivity index (χ1) is 12.6. The SMILES string of the molecule is CCOC(=O)[C@H](CCOC)CC1(C(=O)OCc2ccccc2)CCCC1. The summed E-state index contributed by atoms with van der Waals surface area (Å²) in [5, 5.41) is 0. The second-order valence-electron chi connectivity index (χ2n) is 6.98. The van der Waals surface area contributed by atoms with Crippen LogP contribution in [0, 0.1) is 11.3 Å². The molecular weight excluding hydrogens is 332 g/mol. The van der Waals surface area contributed by atoms with Crippen molar-refractivity contribution in [1.82, 2.24) is 0 Å². The Bertz CT molecular complexity index is 563. The van der Waals surface area contributed by atoms with Crippen LogP contribution in [-0.2, 0) is 30.4 Å². The van der Waals surface area contributed by atoms with Crippen LogP contribution in [0.4, 0.5) is 0 Å². The quantitative estimate of drug-likeness (QED) is 0.591. The van der Waals surface area contributed by atoms with Gasteiger partial charge in [0.15, 0.2) is 0 Å². The number of carbonyl (C=O) groups is 2. The van der Waals surface area contributed by atoms with Gasteiger partial charge in [0.1, 0.15) is 6.61 Å². The first-order valence-electron chi connectivity index (χ1n) is 9.48. The Morgan fingerprint density at radius 2 is 1.81 bits per heavy atom. The molecule has 0 amide bonds. The molecule has 0 unspecified atom stereocenters. The monoisotopic (exact) mass is 362 g/mol. The Hall–Kier alpha value is -1.88. The van der Waals surface area contributed by atoms with Crippen LogP contribution in [-0.4, -0.2) is 32.3 Å². The molecule has 144 valence electrons. The molecule has 5 nitrogen and oxygen atoms in total. The number of methoxy groups -OCH3 is 1. The van der Waals surface area contributed by atoms with Crippen molar-refractivity contribution in [3.63, 3.8) is 0 Å². The van der Waals surface area contributed by atoms with E-state index in [2.05, 4.69) is 0 Å². The van der Waals surface area contributed by atoms with E-state index in [1.54, 1.807) is 14.0 Å². The molecule has 1 aliphatic rings. The zero-order valence-electron chi connectivity index (χ0n) is 15.9. The largest absolute Gasteiger partial charge is 0.466 e. The minimum Gasteiger partial charge on any atom is -0.466 e. The van der Waals surface area contributed by atoms with Gasteiger partial charge in [0.25, 0.3) is 0 Å². The van der Waals surface area contributed by atoms with E-state index in [0.29, 0.717) is 26.1 Å². The predicted molar refractivity (Wildman–Crippen MR) is 98.4 cm³/mol. The average molecular weight is 362 g/mol. The highest BCUT2D eigenvalue weighted by molar-refractivity contribution is 5.79. The predicted octanol–water partition coefficient (Wildman–Crippen LogP) is 3.90. The number of carbonyl (C=O) groups excluding carboxylic acids is 2. The van der Waals surface area contributed by atoms with Crippen LogP contribution < -0.4 is 0 Å². The zero-order valence-corrected chi connectivity index (χ0v) is 15.9. The standard InChI is InChI=1S/C21H30O5/c1-3-25-19(22)18(11-14-24-2)15-21(12-7-8-13-21)20(23)26-16-17-9-5-4-6-10-17/h4-6,9-10,18H,3,7-8,11-16H2,1-2H3/t18-/m1/s1. The van der Waals surface area contributed by atoms with E-state index >= 15 is 0 Å². The van der Waals surface area contributed by atoms with E-state index in [9.17, 15) is 9.59 Å². The lowest BCUT2D eigenvalue weighted by Gasteiger charge is -2.30. The molecule has 0 saturated heterocycles. The fraction of sp³-hybridized carbons (Fsp3) is 0.619. The van der Waals surface area contributed by atoms with Crippen molar-refractivity contribution in [2.24, 2.45) is 11.3 Å². The van der Waals surface area contributed by atoms with Crippen molar-refractivity contribution in [3.8, 4) is 0 Å². The number of benzene rings is 1. The Morgan fingerprint density at radius 3 is 2.42 bits per heavy atom. The molecule has 26 heavy (non-hydrogen) atoms. The summed E-state index contributed by atoms with van der Waals surface area (Å²) in [6.07, 6.45) is 4.54. The number of ether oxygens (including phenoxy) is 3. The third-order valence-corrected chi connectivity index (χ3v) is 5.13. The lowest BCUT2D eigenvalue weighted by Crippen LogP contribution is -2.35. The van der Waals surface area contributed by atoms with Crippen molar-refractivity contribution in [1.29, 1.82) is 0 Å². The van der Waals surface area contributed by atoms with Crippen molar-refractivity contribution in [2.75, 3.05) is 20.3 Å². The molecule has 1 aliphatic carbocycles. The summed E-state index contributed by atoms with van der Waals surface area (Å²) >= 11 is 0. The van der Waals surface area contributed by atoms with Gasteiger partial charge in [-0.1, -0.05) is 43.2 Å². The minimum absolute atomic E-state index is 0.189. The van der Waals surface area contributed by atoms with Gasteiger partial charge in [-0.25, -0.2) is 0 Å². The highest BCUT2D eigenvalue weighted by Crippen LogP contribution is 2.45. The fourth-order valence-corrected chi connectivity index (χ4v) is 3.71. The summed E-state index contributed by atoms with van der Waals surface area (Å²) in [4.78, 5) is 25.3. The van der Waals surface area contributed by atoms with Crippen LogP contribution in [0.15, 0.2) is 30.3 Å². The minimum atomic E-state index is -0.583. The van der Waals surface area contributed by atoms with Gasteiger partial charge < -0.3 is 14.2 Å². The Morgan fingerprint density at radius 1 is 1.12 bits per heavy atom. The molecule has 0 aromatic heterocycles. The zero-order chi connectivity index (χ0) is 18.8. The molecule has 1 fully saturated rings. The van der Waals surface area contributed by atoms with Crippen molar-refractivity contribution in [2.45, 2.75) is 52.1 Å². The summed E-state index contributed by atoms with van der Waals surface area (Å²) in [5.74, 6) is -0.769. The van der Waals surface area contributed by atoms with Crippen LogP contribution in [0.1, 0.15) is 51.0 Å². The van der Waals surface area contributed by atoms with Gasteiger partial charge in [-0.3, -0.25) is 9.59 Å². The Kier molecular flexibility index (Phi) is 8.10. The molecule has 0 spiro atoms. The Labute approximate surface area is 156 Å². The molecular formula is C21H30O5. The van der Waals surface area contributed by atoms with E-state index in [0.717, 1.165) is 31.2 Å². The van der Waals surface area contributed by atoms with E-state index < -0.39 is 5.41 Å². The molecule has 0 N–H and O–H groups in total. The van der Waals surface area contributed by atoms with Gasteiger partial charge in [-0.05, 0) is 38.2 Å². The normalized spacial score (nSPS) is 16.8. The topological polar surface area (TPSA) is 61.8 Å². The van der Waals surface area contributed by atoms with E-state index in [4.69, 9.17) is 14.2 Å². The summed E-state index contributed by atoms with van der Waals surface area (Å²) in [5.41, 5.74) is 0.385. The highest BCUT2D eigenvalue weighted by atomic mass is 16.5. The van der Waals surface area contributed by atoms with Crippen molar-refractivity contribution >= 4 is 11.9 Å². The van der Waals surface area contributed by atoms with E-state index in [1.165, 1.54) is 0 Å². The van der Waals surface area contributed by atoms with Gasteiger partial charge in [-0.2, -0.15) is 0 Å². The van der Waals surface area contributed by atoms with Gasteiger partial charge in [0.05, 0.1) is 17.9 Å². The lowest BCUT2D eigenvalue weighted by atomic mass is 9.76. The second-order valence-corrected chi connectivity index (χ2v) is 6.98. The first kappa shape index (κ1) is 20.4. The highest BCUT2D eigenvalue weighted by Gasteiger charge is 2.45. The molecule has 0 radical (unpaired) electrons. The second kappa shape index (κ2) is 10.3. The number of hydrogen-bond acceptors (Lipinski definition) is 5. The van der Waals surface area contributed by atoms with E-state index in [-0.39, 0.29) is 24.5 Å². The van der Waals surface area contributed by atoms with E-state index in [1.807, 2.05) is 30.3 Å². The summed E-state index contributed by atoms with van der Waals surface area (Å²) in [6.45, 7) is 2.88. The third kappa shape index (κ3) is 5.56. The molecule has 1 saturated carbocycles. The third-order valence-electron chi connectivity index (χ3n) is 5.13. The maximum atomic E-state index is 12.9. The number of rotatable bonds is 10. The maximum absolute atomic E-state index is 12.9. The van der Waals surface area contributed by atoms with Crippen LogP contribution >= 0.6 is 0 Å². The van der Waals surface area contributed by atoms with Crippen LogP contribution in [0.2, 0.25) is 0 Å². The molecule has 1 aromatic rings. The van der Waals surface area contributed by atoms with Gasteiger partial charge in [0.2, 0.25) is 0 Å². The fourth-order valence-electron chi connectivity index (χ4n) is 3.71. The number of esters is 2. The summed E-state index contributed by atoms with van der Waals surface area (Å²) in [7, 11) is 1.61. The van der Waals surface area contributed by atoms with Crippen LogP contribution in [0.5, 0.6) is 0 Å². The molecule has 2 rings (SSSR count). The molecule has 5 heteroatoms. The van der Waals surface area contributed by atoms with Crippen LogP contribution in [0.3, 0.4) is 0 Å². The average Bonchev–Trinajstić information content (AvgIpc) is 3.14. The lowest BCUT2D eigenvalue weighted by molar-refractivity contribution is -0.161. The van der Waals surface area contributed by atoms with Gasteiger partial charge >= 0.3 is 11.9 Å². The first-order valence-corrected chi connectivity index (χ1v) is 9.48. The maximum Gasteiger partial charge on any atom is 0.312 e. The molecule has 0 heterocycles. The smallest absolute Gasteiger partial charge is 0.312 e. The van der Waals surface area contributed by atoms with Gasteiger partial charge in [-0.15, -0.1) is 0 Å². The summed E-state index contributed by atoms with van der Waals surface area (Å²) in [6, 6.07) is 9.67.